The maximum absolute atomic E-state index is 12.7. The van der Waals surface area contributed by atoms with Crippen LogP contribution in [-0.2, 0) is 20.6 Å². The van der Waals surface area contributed by atoms with E-state index in [1.54, 1.807) is 25.2 Å². The Balaban J connectivity index is 1.77. The van der Waals surface area contributed by atoms with Crippen molar-refractivity contribution in [2.45, 2.75) is 31.3 Å². The second kappa shape index (κ2) is 5.66. The minimum Gasteiger partial charge on any atom is -0.328 e. The normalized spacial score (nSPS) is 20.0. The number of aromatic nitrogens is 5. The molecule has 0 amide bonds. The summed E-state index contributed by atoms with van der Waals surface area (Å²) in [4.78, 5) is 25.4. The summed E-state index contributed by atoms with van der Waals surface area (Å²) in [6.07, 6.45) is 1.79. The third kappa shape index (κ3) is 2.41. The van der Waals surface area contributed by atoms with Crippen molar-refractivity contribution in [1.82, 2.24) is 23.9 Å². The first-order valence-electron chi connectivity index (χ1n) is 8.29. The monoisotopic (exact) mass is 340 g/mol. The maximum atomic E-state index is 12.7. The van der Waals surface area contributed by atoms with Gasteiger partial charge in [0, 0.05) is 26.1 Å². The maximum Gasteiger partial charge on any atom is 0.331 e. The second-order valence-electron chi connectivity index (χ2n) is 6.71. The number of para-hydroxylation sites is 1. The second-order valence-corrected chi connectivity index (χ2v) is 6.71. The van der Waals surface area contributed by atoms with E-state index in [0.717, 1.165) is 18.7 Å². The standard InChI is InChI=1S/C17H20N6O2/c1-21-13-6-4-3-5-12(13)16(24)23(17(21)25)9-14-19-20-15(22(14)2)10-7-11(18)8-10/h3-6,10-11H,7-9,18H2,1-2H3. The Labute approximate surface area is 143 Å². The van der Waals surface area contributed by atoms with Crippen LogP contribution in [0.25, 0.3) is 10.9 Å². The summed E-state index contributed by atoms with van der Waals surface area (Å²) in [5, 5.41) is 8.95. The van der Waals surface area contributed by atoms with Gasteiger partial charge < -0.3 is 10.3 Å². The van der Waals surface area contributed by atoms with E-state index in [2.05, 4.69) is 10.2 Å². The number of hydrogen-bond acceptors (Lipinski definition) is 5. The fourth-order valence-corrected chi connectivity index (χ4v) is 3.49. The van der Waals surface area contributed by atoms with Gasteiger partial charge in [0.2, 0.25) is 0 Å². The lowest BCUT2D eigenvalue weighted by atomic mass is 9.80. The smallest absolute Gasteiger partial charge is 0.328 e. The van der Waals surface area contributed by atoms with Gasteiger partial charge in [-0.05, 0) is 25.0 Å². The average Bonchev–Trinajstić information content (AvgIpc) is 2.94. The molecule has 0 bridgehead atoms. The number of benzene rings is 1. The zero-order valence-electron chi connectivity index (χ0n) is 14.2. The van der Waals surface area contributed by atoms with Crippen molar-refractivity contribution in [3.05, 3.63) is 56.8 Å². The summed E-state index contributed by atoms with van der Waals surface area (Å²) < 4.78 is 4.57. The molecule has 0 atom stereocenters. The lowest BCUT2D eigenvalue weighted by Gasteiger charge is -2.31. The lowest BCUT2D eigenvalue weighted by Crippen LogP contribution is -2.40. The zero-order chi connectivity index (χ0) is 17.7. The Bertz CT molecular complexity index is 1070. The van der Waals surface area contributed by atoms with Gasteiger partial charge in [0.1, 0.15) is 5.82 Å². The van der Waals surface area contributed by atoms with Crippen molar-refractivity contribution in [3.63, 3.8) is 0 Å². The highest BCUT2D eigenvalue weighted by atomic mass is 16.2. The summed E-state index contributed by atoms with van der Waals surface area (Å²) in [5.41, 5.74) is 5.80. The van der Waals surface area contributed by atoms with Crippen molar-refractivity contribution < 1.29 is 0 Å². The fourth-order valence-electron chi connectivity index (χ4n) is 3.49. The molecule has 8 heteroatoms. The number of nitrogens with two attached hydrogens (primary N) is 1. The molecule has 2 heterocycles. The van der Waals surface area contributed by atoms with Crippen molar-refractivity contribution in [3.8, 4) is 0 Å². The van der Waals surface area contributed by atoms with Gasteiger partial charge in [-0.1, -0.05) is 12.1 Å². The number of rotatable bonds is 3. The van der Waals surface area contributed by atoms with Gasteiger partial charge in [-0.3, -0.25) is 13.9 Å². The van der Waals surface area contributed by atoms with E-state index in [9.17, 15) is 9.59 Å². The Morgan fingerprint density at radius 1 is 1.12 bits per heavy atom. The number of nitrogens with zero attached hydrogens (tertiary/aromatic N) is 5. The highest BCUT2D eigenvalue weighted by Crippen LogP contribution is 2.34. The Morgan fingerprint density at radius 2 is 1.84 bits per heavy atom. The van der Waals surface area contributed by atoms with Gasteiger partial charge in [-0.2, -0.15) is 0 Å². The molecule has 2 N–H and O–H groups in total. The van der Waals surface area contributed by atoms with Crippen LogP contribution in [0.5, 0.6) is 0 Å². The van der Waals surface area contributed by atoms with Crippen LogP contribution in [0.4, 0.5) is 0 Å². The first-order valence-corrected chi connectivity index (χ1v) is 8.29. The van der Waals surface area contributed by atoms with Gasteiger partial charge in [0.05, 0.1) is 17.4 Å². The molecule has 1 aliphatic rings. The Hall–Kier alpha value is -2.74. The Kier molecular flexibility index (Phi) is 3.57. The average molecular weight is 340 g/mol. The van der Waals surface area contributed by atoms with E-state index in [4.69, 9.17) is 5.73 Å². The van der Waals surface area contributed by atoms with E-state index in [0.29, 0.717) is 22.6 Å². The van der Waals surface area contributed by atoms with Crippen molar-refractivity contribution in [1.29, 1.82) is 0 Å². The molecular formula is C17H20N6O2. The van der Waals surface area contributed by atoms with Gasteiger partial charge in [-0.15, -0.1) is 10.2 Å². The SMILES string of the molecule is Cn1c(Cn2c(=O)c3ccccc3n(C)c2=O)nnc1C1CC(N)C1. The molecular weight excluding hydrogens is 320 g/mol. The lowest BCUT2D eigenvalue weighted by molar-refractivity contribution is 0.331. The van der Waals surface area contributed by atoms with Crippen LogP contribution in [0.15, 0.2) is 33.9 Å². The highest BCUT2D eigenvalue weighted by molar-refractivity contribution is 5.77. The molecule has 2 aromatic heterocycles. The van der Waals surface area contributed by atoms with Gasteiger partial charge in [-0.25, -0.2) is 4.79 Å². The van der Waals surface area contributed by atoms with Crippen molar-refractivity contribution >= 4 is 10.9 Å². The van der Waals surface area contributed by atoms with Crippen LogP contribution < -0.4 is 17.0 Å². The predicted octanol–water partition coefficient (Wildman–Crippen LogP) is 0.0817. The van der Waals surface area contributed by atoms with Gasteiger partial charge in [0.15, 0.2) is 5.82 Å². The molecule has 0 spiro atoms. The molecule has 8 nitrogen and oxygen atoms in total. The Morgan fingerprint density at radius 3 is 2.56 bits per heavy atom. The summed E-state index contributed by atoms with van der Waals surface area (Å²) in [6.45, 7) is 0.0958. The molecule has 0 saturated heterocycles. The third-order valence-corrected chi connectivity index (χ3v) is 5.10. The van der Waals surface area contributed by atoms with E-state index >= 15 is 0 Å². The molecule has 0 unspecified atom stereocenters. The summed E-state index contributed by atoms with van der Waals surface area (Å²) in [6, 6.07) is 7.32. The van der Waals surface area contributed by atoms with E-state index < -0.39 is 0 Å². The summed E-state index contributed by atoms with van der Waals surface area (Å²) >= 11 is 0. The molecule has 130 valence electrons. The van der Waals surface area contributed by atoms with E-state index in [1.807, 2.05) is 17.7 Å². The first kappa shape index (κ1) is 15.8. The molecule has 0 aliphatic heterocycles. The highest BCUT2D eigenvalue weighted by Gasteiger charge is 2.31. The molecule has 3 aromatic rings. The topological polar surface area (TPSA) is 101 Å². The quantitative estimate of drug-likeness (QED) is 0.728. The van der Waals surface area contributed by atoms with E-state index in [1.165, 1.54) is 9.13 Å². The number of aryl methyl sites for hydroxylation is 1. The first-order chi connectivity index (χ1) is 12.0. The summed E-state index contributed by atoms with van der Waals surface area (Å²) in [5.74, 6) is 1.75. The number of hydrogen-bond donors (Lipinski definition) is 1. The van der Waals surface area contributed by atoms with Gasteiger partial charge >= 0.3 is 5.69 Å². The van der Waals surface area contributed by atoms with Crippen LogP contribution in [0, 0.1) is 0 Å². The van der Waals surface area contributed by atoms with E-state index in [-0.39, 0.29) is 23.8 Å². The third-order valence-electron chi connectivity index (χ3n) is 5.10. The van der Waals surface area contributed by atoms with Crippen molar-refractivity contribution in [2.24, 2.45) is 19.8 Å². The number of fused-ring (bicyclic) bond motifs is 1. The largest absolute Gasteiger partial charge is 0.331 e. The van der Waals surface area contributed by atoms with Crippen LogP contribution >= 0.6 is 0 Å². The molecule has 1 aliphatic carbocycles. The van der Waals surface area contributed by atoms with Crippen molar-refractivity contribution in [2.75, 3.05) is 0 Å². The zero-order valence-corrected chi connectivity index (χ0v) is 14.2. The molecule has 1 fully saturated rings. The van der Waals surface area contributed by atoms with Gasteiger partial charge in [0.25, 0.3) is 5.56 Å². The molecule has 25 heavy (non-hydrogen) atoms. The predicted molar refractivity (Wildman–Crippen MR) is 93.5 cm³/mol. The van der Waals surface area contributed by atoms with Crippen LogP contribution in [0.2, 0.25) is 0 Å². The fraction of sp³-hybridized carbons (Fsp3) is 0.412. The van der Waals surface area contributed by atoms with Crippen LogP contribution in [0.3, 0.4) is 0 Å². The van der Waals surface area contributed by atoms with Crippen LogP contribution in [0.1, 0.15) is 30.4 Å². The summed E-state index contributed by atoms with van der Waals surface area (Å²) in [7, 11) is 3.53. The minimum absolute atomic E-state index is 0.0958. The molecule has 4 rings (SSSR count). The minimum atomic E-state index is -0.362. The molecule has 0 radical (unpaired) electrons. The molecule has 1 saturated carbocycles. The molecule has 1 aromatic carbocycles. The van der Waals surface area contributed by atoms with Crippen LogP contribution in [-0.4, -0.2) is 29.9 Å².